The molecule has 2 aliphatic heterocycles. The Morgan fingerprint density at radius 2 is 1.57 bits per heavy atom. The predicted molar refractivity (Wildman–Crippen MR) is 150 cm³/mol. The van der Waals surface area contributed by atoms with E-state index in [-0.39, 0.29) is 22.5 Å². The maximum absolute atomic E-state index is 13.5. The largest absolute Gasteiger partial charge is 0.848 e. The summed E-state index contributed by atoms with van der Waals surface area (Å²) < 4.78 is 2.04. The van der Waals surface area contributed by atoms with Gasteiger partial charge in [0.05, 0.1) is 16.5 Å². The van der Waals surface area contributed by atoms with Gasteiger partial charge in [-0.25, -0.2) is 9.59 Å². The van der Waals surface area contributed by atoms with Crippen molar-refractivity contribution in [3.05, 3.63) is 82.1 Å². The Labute approximate surface area is 233 Å². The fourth-order valence-corrected chi connectivity index (χ4v) is 6.46. The zero-order valence-corrected chi connectivity index (χ0v) is 23.6. The Balaban J connectivity index is 1.50. The summed E-state index contributed by atoms with van der Waals surface area (Å²) in [7, 11) is 0. The average Bonchev–Trinajstić information content (AvgIpc) is 3.26. The van der Waals surface area contributed by atoms with Gasteiger partial charge in [0.15, 0.2) is 11.5 Å². The molecule has 2 atom stereocenters. The van der Waals surface area contributed by atoms with Crippen LogP contribution in [0.25, 0.3) is 0 Å². The fraction of sp³-hybridized carbons (Fsp3) is 0.375. The van der Waals surface area contributed by atoms with Crippen LogP contribution >= 0.6 is 0 Å². The molecule has 0 amide bonds. The van der Waals surface area contributed by atoms with E-state index in [0.29, 0.717) is 13.1 Å². The molecule has 0 aromatic heterocycles. The lowest BCUT2D eigenvalue weighted by Gasteiger charge is -2.43. The standard InChI is InChI=1S/C32H34N2O6/c1-7-33-23-11-9-17(29(37)38)13-21(23)31(3,4)25(33)15-19-27(35)20(28(19)36)16-26-32(5,6)22-14-18(30(39)40)10-12-24(22)34(26)8-2/h9-16,19,27H,7-8H2,1-6H3,(H,37,38)(H,39,40)/b20-16+,25-15+. The first-order chi connectivity index (χ1) is 18.7. The average molecular weight is 543 g/mol. The molecule has 5 rings (SSSR count). The number of carbonyl (C=O) groups excluding carboxylic acids is 1. The van der Waals surface area contributed by atoms with Crippen LogP contribution in [-0.2, 0) is 15.6 Å². The van der Waals surface area contributed by atoms with Gasteiger partial charge in [-0.2, -0.15) is 4.58 Å². The van der Waals surface area contributed by atoms with Crippen LogP contribution in [-0.4, -0.2) is 57.4 Å². The lowest BCUT2D eigenvalue weighted by Crippen LogP contribution is -2.53. The zero-order valence-electron chi connectivity index (χ0n) is 23.6. The first-order valence-electron chi connectivity index (χ1n) is 13.6. The van der Waals surface area contributed by atoms with Gasteiger partial charge in [-0.15, -0.1) is 0 Å². The van der Waals surface area contributed by atoms with Crippen LogP contribution in [0.3, 0.4) is 0 Å². The van der Waals surface area contributed by atoms with Gasteiger partial charge in [0, 0.05) is 47.0 Å². The molecule has 0 bridgehead atoms. The van der Waals surface area contributed by atoms with Crippen LogP contribution in [0.1, 0.15) is 73.4 Å². The minimum Gasteiger partial charge on any atom is -0.848 e. The van der Waals surface area contributed by atoms with Crippen LogP contribution in [0.15, 0.2) is 59.8 Å². The molecule has 208 valence electrons. The number of carboxylic acid groups (broad SMARTS) is 2. The number of likely N-dealkylation sites (N-methyl/N-ethyl adjacent to an activating group) is 1. The molecular weight excluding hydrogens is 508 g/mol. The minimum atomic E-state index is -1.24. The van der Waals surface area contributed by atoms with Crippen molar-refractivity contribution in [3.63, 3.8) is 0 Å². The summed E-state index contributed by atoms with van der Waals surface area (Å²) >= 11 is 0. The van der Waals surface area contributed by atoms with E-state index in [0.717, 1.165) is 33.9 Å². The van der Waals surface area contributed by atoms with Crippen molar-refractivity contribution in [3.8, 4) is 0 Å². The first kappa shape index (κ1) is 27.5. The molecule has 1 saturated carbocycles. The molecule has 0 spiro atoms. The highest BCUT2D eigenvalue weighted by atomic mass is 16.4. The van der Waals surface area contributed by atoms with Crippen molar-refractivity contribution >= 4 is 34.8 Å². The van der Waals surface area contributed by atoms with Gasteiger partial charge in [-0.1, -0.05) is 26.0 Å². The number of benzene rings is 2. The van der Waals surface area contributed by atoms with Gasteiger partial charge in [0.2, 0.25) is 5.69 Å². The maximum Gasteiger partial charge on any atom is 0.335 e. The Kier molecular flexibility index (Phi) is 6.38. The summed E-state index contributed by atoms with van der Waals surface area (Å²) in [6.07, 6.45) is 2.25. The molecule has 8 heteroatoms. The first-order valence-corrected chi connectivity index (χ1v) is 13.6. The highest BCUT2D eigenvalue weighted by molar-refractivity contribution is 6.14. The second-order valence-corrected chi connectivity index (χ2v) is 11.7. The molecule has 2 unspecified atom stereocenters. The molecule has 8 nitrogen and oxygen atoms in total. The third-order valence-electron chi connectivity index (χ3n) is 8.76. The van der Waals surface area contributed by atoms with Gasteiger partial charge in [0.25, 0.3) is 0 Å². The highest BCUT2D eigenvalue weighted by Crippen LogP contribution is 2.49. The number of hydrogen-bond donors (Lipinski definition) is 2. The van der Waals surface area contributed by atoms with Crippen molar-refractivity contribution in [2.24, 2.45) is 5.92 Å². The molecule has 2 N–H and O–H groups in total. The number of ketones is 1. The van der Waals surface area contributed by atoms with E-state index < -0.39 is 34.8 Å². The smallest absolute Gasteiger partial charge is 0.335 e. The van der Waals surface area contributed by atoms with Crippen molar-refractivity contribution in [1.82, 2.24) is 0 Å². The van der Waals surface area contributed by atoms with E-state index in [1.54, 1.807) is 48.6 Å². The molecule has 2 aromatic rings. The Morgan fingerprint density at radius 3 is 2.12 bits per heavy atom. The van der Waals surface area contributed by atoms with Crippen LogP contribution in [0.4, 0.5) is 11.4 Å². The SMILES string of the molecule is CCN1/C(=C/C2C(=O)/C(=C/C3=[N+](CC)c4ccc(C(=O)O)cc4C3(C)C)C2[O-])C(C)(C)c2cc(C(=O)O)ccc21. The zero-order chi connectivity index (χ0) is 29.3. The van der Waals surface area contributed by atoms with Crippen molar-refractivity contribution in [1.29, 1.82) is 0 Å². The van der Waals surface area contributed by atoms with E-state index in [2.05, 4.69) is 0 Å². The molecular formula is C32H34N2O6. The van der Waals surface area contributed by atoms with Gasteiger partial charge < -0.3 is 20.2 Å². The maximum atomic E-state index is 13.5. The number of carbonyl (C=O) groups is 3. The van der Waals surface area contributed by atoms with Gasteiger partial charge >= 0.3 is 11.9 Å². The number of aromatic carboxylic acids is 2. The Morgan fingerprint density at radius 1 is 0.975 bits per heavy atom. The van der Waals surface area contributed by atoms with Gasteiger partial charge in [-0.05, 0) is 69.2 Å². The molecule has 0 radical (unpaired) electrons. The number of nitrogens with zero attached hydrogens (tertiary/aromatic N) is 2. The third kappa shape index (κ3) is 3.84. The van der Waals surface area contributed by atoms with E-state index in [9.17, 15) is 29.7 Å². The predicted octanol–water partition coefficient (Wildman–Crippen LogP) is 4.03. The van der Waals surface area contributed by atoms with Gasteiger partial charge in [0.1, 0.15) is 6.54 Å². The number of Topliss-reactive ketones (excluding diaryl/α,β-unsaturated/α-hetero) is 1. The number of fused-ring (bicyclic) bond motifs is 2. The van der Waals surface area contributed by atoms with E-state index in [1.165, 1.54) is 0 Å². The molecule has 2 heterocycles. The number of allylic oxidation sites excluding steroid dienone is 2. The van der Waals surface area contributed by atoms with Crippen molar-refractivity contribution < 1.29 is 34.3 Å². The monoisotopic (exact) mass is 542 g/mol. The number of rotatable bonds is 6. The number of hydrogen-bond acceptors (Lipinski definition) is 5. The molecule has 2 aromatic carbocycles. The summed E-state index contributed by atoms with van der Waals surface area (Å²) in [5.74, 6) is -3.06. The molecule has 1 aliphatic carbocycles. The number of carboxylic acids is 2. The molecule has 0 saturated heterocycles. The molecule has 3 aliphatic rings. The van der Waals surface area contributed by atoms with E-state index >= 15 is 0 Å². The second kappa shape index (κ2) is 9.27. The van der Waals surface area contributed by atoms with Crippen molar-refractivity contribution in [2.75, 3.05) is 18.0 Å². The minimum absolute atomic E-state index is 0.195. The van der Waals surface area contributed by atoms with Crippen LogP contribution < -0.4 is 10.0 Å². The van der Waals surface area contributed by atoms with Crippen LogP contribution in [0, 0.1) is 5.92 Å². The lowest BCUT2D eigenvalue weighted by molar-refractivity contribution is -0.433. The third-order valence-corrected chi connectivity index (χ3v) is 8.76. The van der Waals surface area contributed by atoms with Crippen molar-refractivity contribution in [2.45, 2.75) is 58.5 Å². The van der Waals surface area contributed by atoms with Gasteiger partial charge in [-0.3, -0.25) is 4.79 Å². The quantitative estimate of drug-likeness (QED) is 0.418. The number of anilines is 1. The highest BCUT2D eigenvalue weighted by Gasteiger charge is 2.48. The van der Waals surface area contributed by atoms with Crippen LogP contribution in [0.2, 0.25) is 0 Å². The van der Waals surface area contributed by atoms with E-state index in [4.69, 9.17) is 0 Å². The Hall–Kier alpha value is -4.04. The molecule has 1 fully saturated rings. The molecule has 40 heavy (non-hydrogen) atoms. The second-order valence-electron chi connectivity index (χ2n) is 11.7. The summed E-state index contributed by atoms with van der Waals surface area (Å²) in [5.41, 5.74) is 4.52. The summed E-state index contributed by atoms with van der Waals surface area (Å²) in [5, 5.41) is 32.5. The normalized spacial score (nSPS) is 24.4. The topological polar surface area (TPSA) is 121 Å². The fourth-order valence-electron chi connectivity index (χ4n) is 6.46. The summed E-state index contributed by atoms with van der Waals surface area (Å²) in [4.78, 5) is 38.7. The lowest BCUT2D eigenvalue weighted by atomic mass is 9.71. The Bertz CT molecular complexity index is 1580. The van der Waals surface area contributed by atoms with E-state index in [1.807, 2.05) is 51.0 Å². The summed E-state index contributed by atoms with van der Waals surface area (Å²) in [6, 6.07) is 10.1. The summed E-state index contributed by atoms with van der Waals surface area (Å²) in [6.45, 7) is 13.1. The van der Waals surface area contributed by atoms with Crippen LogP contribution in [0.5, 0.6) is 0 Å².